The van der Waals surface area contributed by atoms with E-state index in [2.05, 4.69) is 25.9 Å². The number of halogens is 3. The van der Waals surface area contributed by atoms with Gasteiger partial charge >= 0.3 is 0 Å². The molecule has 0 saturated heterocycles. The van der Waals surface area contributed by atoms with E-state index in [0.717, 1.165) is 18.7 Å². The molecule has 6 heteroatoms. The van der Waals surface area contributed by atoms with Gasteiger partial charge in [0.05, 0.1) is 5.02 Å². The van der Waals surface area contributed by atoms with Crippen LogP contribution in [0, 0.1) is 0 Å². The lowest BCUT2D eigenvalue weighted by molar-refractivity contribution is 0.458. The molecule has 1 aromatic heterocycles. The van der Waals surface area contributed by atoms with E-state index in [1.165, 1.54) is 0 Å². The summed E-state index contributed by atoms with van der Waals surface area (Å²) in [6.45, 7) is 0. The monoisotopic (exact) mass is 358 g/mol. The highest BCUT2D eigenvalue weighted by Crippen LogP contribution is 2.40. The Labute approximate surface area is 129 Å². The van der Waals surface area contributed by atoms with E-state index in [-0.39, 0.29) is 0 Å². The van der Waals surface area contributed by atoms with Gasteiger partial charge in [0.2, 0.25) is 5.88 Å². The summed E-state index contributed by atoms with van der Waals surface area (Å²) >= 11 is 15.4. The molecule has 0 amide bonds. The van der Waals surface area contributed by atoms with Gasteiger partial charge in [-0.15, -0.1) is 0 Å². The molecule has 1 aromatic carbocycles. The molecule has 1 saturated carbocycles. The van der Waals surface area contributed by atoms with Gasteiger partial charge in [-0.3, -0.25) is 0 Å². The molecule has 3 nitrogen and oxygen atoms in total. The zero-order valence-corrected chi connectivity index (χ0v) is 12.8. The topological polar surface area (TPSA) is 35.0 Å². The van der Waals surface area contributed by atoms with E-state index in [4.69, 9.17) is 27.9 Å². The van der Waals surface area contributed by atoms with Crippen molar-refractivity contribution < 1.29 is 4.74 Å². The molecule has 1 fully saturated rings. The first-order valence-corrected chi connectivity index (χ1v) is 7.35. The van der Waals surface area contributed by atoms with Crippen LogP contribution >= 0.6 is 39.1 Å². The fourth-order valence-corrected chi connectivity index (χ4v) is 2.37. The van der Waals surface area contributed by atoms with Gasteiger partial charge in [-0.25, -0.2) is 4.98 Å². The number of aromatic nitrogens is 2. The number of ether oxygens (including phenoxy) is 1. The standard InChI is InChI=1S/C13H9BrCl2N2O/c14-10-6-11(18-13(17-10)7-4-5-7)19-9-3-1-2-8(15)12(9)16/h1-3,6-7H,4-5H2. The molecular formula is C13H9BrCl2N2O. The average molecular weight is 360 g/mol. The molecule has 1 aliphatic rings. The third-order valence-corrected chi connectivity index (χ3v) is 3.97. The Bertz CT molecular complexity index is 632. The second kappa shape index (κ2) is 5.27. The van der Waals surface area contributed by atoms with Gasteiger partial charge in [0.15, 0.2) is 0 Å². The third kappa shape index (κ3) is 3.02. The Morgan fingerprint density at radius 3 is 2.74 bits per heavy atom. The first-order valence-electron chi connectivity index (χ1n) is 5.80. The van der Waals surface area contributed by atoms with Gasteiger partial charge in [-0.05, 0) is 40.9 Å². The average Bonchev–Trinajstić information content (AvgIpc) is 3.18. The fraction of sp³-hybridized carbons (Fsp3) is 0.231. The van der Waals surface area contributed by atoms with Crippen molar-refractivity contribution in [2.24, 2.45) is 0 Å². The smallest absolute Gasteiger partial charge is 0.223 e. The van der Waals surface area contributed by atoms with Crippen LogP contribution in [0.3, 0.4) is 0 Å². The maximum absolute atomic E-state index is 6.09. The Morgan fingerprint density at radius 2 is 2.00 bits per heavy atom. The lowest BCUT2D eigenvalue weighted by atomic mass is 10.3. The maximum atomic E-state index is 6.09. The Balaban J connectivity index is 1.92. The second-order valence-corrected chi connectivity index (χ2v) is 5.91. The molecule has 3 rings (SSSR count). The molecule has 0 aliphatic heterocycles. The SMILES string of the molecule is Clc1cccc(Oc2cc(Br)nc(C3CC3)n2)c1Cl. The minimum absolute atomic E-state index is 0.381. The second-order valence-electron chi connectivity index (χ2n) is 4.32. The Hall–Kier alpha value is -0.840. The predicted molar refractivity (Wildman–Crippen MR) is 78.2 cm³/mol. The zero-order chi connectivity index (χ0) is 13.4. The van der Waals surface area contributed by atoms with Gasteiger partial charge in [0, 0.05) is 12.0 Å². The summed E-state index contributed by atoms with van der Waals surface area (Å²) in [5.74, 6) is 2.21. The van der Waals surface area contributed by atoms with Crippen LogP contribution in [0.4, 0.5) is 0 Å². The molecule has 1 aliphatic carbocycles. The van der Waals surface area contributed by atoms with Crippen molar-refractivity contribution in [3.63, 3.8) is 0 Å². The number of hydrogen-bond acceptors (Lipinski definition) is 3. The summed E-state index contributed by atoms with van der Waals surface area (Å²) < 4.78 is 6.40. The summed E-state index contributed by atoms with van der Waals surface area (Å²) in [7, 11) is 0. The lowest BCUT2D eigenvalue weighted by Crippen LogP contribution is -1.96. The highest BCUT2D eigenvalue weighted by molar-refractivity contribution is 9.10. The summed E-state index contributed by atoms with van der Waals surface area (Å²) in [6.07, 6.45) is 2.27. The van der Waals surface area contributed by atoms with Crippen molar-refractivity contribution in [3.05, 3.63) is 44.7 Å². The van der Waals surface area contributed by atoms with Crippen LogP contribution in [0.1, 0.15) is 24.6 Å². The third-order valence-electron chi connectivity index (χ3n) is 2.76. The van der Waals surface area contributed by atoms with Crippen LogP contribution in [0.25, 0.3) is 0 Å². The molecule has 1 heterocycles. The van der Waals surface area contributed by atoms with Gasteiger partial charge in [0.25, 0.3) is 0 Å². The van der Waals surface area contributed by atoms with E-state index in [0.29, 0.717) is 32.2 Å². The van der Waals surface area contributed by atoms with Crippen molar-refractivity contribution in [2.75, 3.05) is 0 Å². The normalized spacial score (nSPS) is 14.5. The first-order chi connectivity index (χ1) is 9.13. The Kier molecular flexibility index (Phi) is 3.65. The number of hydrogen-bond donors (Lipinski definition) is 0. The quantitative estimate of drug-likeness (QED) is 0.705. The lowest BCUT2D eigenvalue weighted by Gasteiger charge is -2.09. The van der Waals surface area contributed by atoms with E-state index < -0.39 is 0 Å². The minimum Gasteiger partial charge on any atom is -0.437 e. The molecule has 2 aromatic rings. The molecule has 0 spiro atoms. The van der Waals surface area contributed by atoms with E-state index in [9.17, 15) is 0 Å². The Morgan fingerprint density at radius 1 is 1.21 bits per heavy atom. The van der Waals surface area contributed by atoms with Gasteiger partial charge in [0.1, 0.15) is 21.2 Å². The molecule has 0 atom stereocenters. The summed E-state index contributed by atoms with van der Waals surface area (Å²) in [4.78, 5) is 8.74. The van der Waals surface area contributed by atoms with Gasteiger partial charge in [-0.1, -0.05) is 29.3 Å². The van der Waals surface area contributed by atoms with Crippen molar-refractivity contribution >= 4 is 39.1 Å². The van der Waals surface area contributed by atoms with Crippen LogP contribution in [-0.4, -0.2) is 9.97 Å². The number of benzene rings is 1. The van der Waals surface area contributed by atoms with E-state index >= 15 is 0 Å². The number of rotatable bonds is 3. The number of nitrogens with zero attached hydrogens (tertiary/aromatic N) is 2. The van der Waals surface area contributed by atoms with Crippen LogP contribution in [-0.2, 0) is 0 Å². The molecule has 0 N–H and O–H groups in total. The summed E-state index contributed by atoms with van der Waals surface area (Å²) in [5.41, 5.74) is 0. The fourth-order valence-electron chi connectivity index (χ4n) is 1.67. The van der Waals surface area contributed by atoms with Crippen molar-refractivity contribution in [2.45, 2.75) is 18.8 Å². The highest BCUT2D eigenvalue weighted by atomic mass is 79.9. The summed E-state index contributed by atoms with van der Waals surface area (Å²) in [5, 5.41) is 0.835. The minimum atomic E-state index is 0.381. The van der Waals surface area contributed by atoms with Gasteiger partial charge in [-0.2, -0.15) is 4.98 Å². The highest BCUT2D eigenvalue weighted by Gasteiger charge is 2.27. The van der Waals surface area contributed by atoms with Crippen LogP contribution in [0.5, 0.6) is 11.6 Å². The summed E-state index contributed by atoms with van der Waals surface area (Å²) in [6, 6.07) is 6.95. The van der Waals surface area contributed by atoms with Crippen molar-refractivity contribution in [3.8, 4) is 11.6 Å². The molecule has 0 unspecified atom stereocenters. The maximum Gasteiger partial charge on any atom is 0.223 e. The molecule has 0 bridgehead atoms. The van der Waals surface area contributed by atoms with Crippen LogP contribution in [0.15, 0.2) is 28.9 Å². The molecule has 0 radical (unpaired) electrons. The van der Waals surface area contributed by atoms with Crippen molar-refractivity contribution in [1.82, 2.24) is 9.97 Å². The largest absolute Gasteiger partial charge is 0.437 e. The van der Waals surface area contributed by atoms with E-state index in [1.54, 1.807) is 24.3 Å². The van der Waals surface area contributed by atoms with Crippen LogP contribution < -0.4 is 4.74 Å². The first kappa shape index (κ1) is 13.2. The zero-order valence-electron chi connectivity index (χ0n) is 9.74. The molecule has 19 heavy (non-hydrogen) atoms. The van der Waals surface area contributed by atoms with Crippen LogP contribution in [0.2, 0.25) is 10.0 Å². The predicted octanol–water partition coefficient (Wildman–Crippen LogP) is 5.22. The van der Waals surface area contributed by atoms with E-state index in [1.807, 2.05) is 0 Å². The van der Waals surface area contributed by atoms with Gasteiger partial charge < -0.3 is 4.74 Å². The molecule has 98 valence electrons. The molecular weight excluding hydrogens is 351 g/mol. The van der Waals surface area contributed by atoms with Crippen molar-refractivity contribution in [1.29, 1.82) is 0 Å².